The monoisotopic (exact) mass is 430 g/mol. The van der Waals surface area contributed by atoms with Crippen LogP contribution >= 0.6 is 43.5 Å². The Morgan fingerprint density at radius 3 is 2.25 bits per heavy atom. The predicted octanol–water partition coefficient (Wildman–Crippen LogP) is 4.63. The van der Waals surface area contributed by atoms with Gasteiger partial charge < -0.3 is 9.84 Å². The quantitative estimate of drug-likeness (QED) is 0.612. The van der Waals surface area contributed by atoms with E-state index >= 15 is 0 Å². The van der Waals surface area contributed by atoms with E-state index in [1.807, 2.05) is 0 Å². The van der Waals surface area contributed by atoms with Crippen LogP contribution in [-0.2, 0) is 4.74 Å². The predicted molar refractivity (Wildman–Crippen MR) is 91.2 cm³/mol. The number of aliphatic hydroxyl groups excluding tert-OH is 1. The fraction of sp³-hybridized carbons (Fsp3) is 1.00. The summed E-state index contributed by atoms with van der Waals surface area (Å²) in [6.45, 7) is 8.34. The highest BCUT2D eigenvalue weighted by atomic mass is 79.9. The first-order valence-corrected chi connectivity index (χ1v) is 9.55. The lowest BCUT2D eigenvalue weighted by molar-refractivity contribution is -0.238. The molecule has 1 aliphatic carbocycles. The Labute approximate surface area is 144 Å². The fourth-order valence-electron chi connectivity index (χ4n) is 3.52. The molecule has 6 atom stereocenters. The molecule has 0 radical (unpaired) electrons. The van der Waals surface area contributed by atoms with Gasteiger partial charge in [0.25, 0.3) is 0 Å². The van der Waals surface area contributed by atoms with E-state index in [2.05, 4.69) is 59.6 Å². The molecule has 0 aromatic rings. The summed E-state index contributed by atoms with van der Waals surface area (Å²) in [4.78, 5) is 0.243. The second-order valence-corrected chi connectivity index (χ2v) is 10.4. The summed E-state index contributed by atoms with van der Waals surface area (Å²) < 4.78 is 6.38. The fourth-order valence-corrected chi connectivity index (χ4v) is 4.84. The van der Waals surface area contributed by atoms with Crippen LogP contribution in [0.3, 0.4) is 0 Å². The van der Waals surface area contributed by atoms with Crippen molar-refractivity contribution in [3.05, 3.63) is 0 Å². The van der Waals surface area contributed by atoms with E-state index in [0.29, 0.717) is 5.92 Å². The number of ether oxygens (including phenoxy) is 1. The van der Waals surface area contributed by atoms with Crippen molar-refractivity contribution in [2.24, 2.45) is 5.92 Å². The second-order valence-electron chi connectivity index (χ2n) is 7.33. The summed E-state index contributed by atoms with van der Waals surface area (Å²) in [5.74, 6) is 0.327. The lowest BCUT2D eigenvalue weighted by atomic mass is 9.69. The minimum atomic E-state index is -0.493. The van der Waals surface area contributed by atoms with Crippen LogP contribution in [0.15, 0.2) is 0 Å². The van der Waals surface area contributed by atoms with E-state index in [0.717, 1.165) is 25.7 Å². The largest absolute Gasteiger partial charge is 0.390 e. The van der Waals surface area contributed by atoms with E-state index in [-0.39, 0.29) is 20.1 Å². The Bertz CT molecular complexity index is 375. The second kappa shape index (κ2) is 5.67. The Morgan fingerprint density at radius 2 is 1.70 bits per heavy atom. The van der Waals surface area contributed by atoms with Gasteiger partial charge in [-0.1, -0.05) is 31.9 Å². The number of aliphatic hydroxyl groups is 1. The van der Waals surface area contributed by atoms with E-state index in [1.54, 1.807) is 0 Å². The van der Waals surface area contributed by atoms with Crippen LogP contribution in [0, 0.1) is 5.92 Å². The molecule has 0 bridgehead atoms. The summed E-state index contributed by atoms with van der Waals surface area (Å²) in [5.41, 5.74) is -0.759. The first-order chi connectivity index (χ1) is 8.99. The molecule has 5 heteroatoms. The summed E-state index contributed by atoms with van der Waals surface area (Å²) in [7, 11) is 0. The molecule has 0 spiro atoms. The maximum atomic E-state index is 10.6. The molecule has 0 aromatic heterocycles. The number of rotatable bonds is 1. The van der Waals surface area contributed by atoms with Crippen LogP contribution in [0.2, 0.25) is 0 Å². The molecule has 1 saturated carbocycles. The average Bonchev–Trinajstić information content (AvgIpc) is 2.30. The van der Waals surface area contributed by atoms with Crippen molar-refractivity contribution in [2.45, 2.75) is 85.2 Å². The highest BCUT2D eigenvalue weighted by molar-refractivity contribution is 9.09. The van der Waals surface area contributed by atoms with E-state index in [4.69, 9.17) is 16.3 Å². The van der Waals surface area contributed by atoms with Gasteiger partial charge in [0.1, 0.15) is 0 Å². The maximum Gasteiger partial charge on any atom is 0.0948 e. The van der Waals surface area contributed by atoms with Gasteiger partial charge in [0.15, 0.2) is 0 Å². The molecule has 1 aliphatic heterocycles. The SMILES string of the molecule is CC1(C)O[C@](C)([C@H]2CC[C@](C)(Cl)[C@@H](Br)C2)[C@H](O)C[C@H]1Br. The zero-order valence-electron chi connectivity index (χ0n) is 12.6. The van der Waals surface area contributed by atoms with Crippen molar-refractivity contribution in [2.75, 3.05) is 0 Å². The van der Waals surface area contributed by atoms with Gasteiger partial charge in [0.05, 0.1) is 22.2 Å². The van der Waals surface area contributed by atoms with E-state index in [9.17, 15) is 5.11 Å². The lowest BCUT2D eigenvalue weighted by Crippen LogP contribution is -2.62. The Balaban J connectivity index is 2.18. The lowest BCUT2D eigenvalue weighted by Gasteiger charge is -2.54. The molecule has 0 amide bonds. The molecule has 2 aliphatic rings. The smallest absolute Gasteiger partial charge is 0.0948 e. The van der Waals surface area contributed by atoms with Crippen LogP contribution in [0.25, 0.3) is 0 Å². The standard InChI is InChI=1S/C15H25Br2ClO2/c1-13(2)10(16)8-12(19)15(4,20-13)9-5-6-14(3,18)11(17)7-9/h9-12,19H,5-8H2,1-4H3/t9-,10+,11-,12+,14-,15+/m0/s1. The maximum absolute atomic E-state index is 10.6. The highest BCUT2D eigenvalue weighted by Gasteiger charge is 2.54. The average molecular weight is 433 g/mol. The number of halogens is 3. The minimum absolute atomic E-state index is 0.180. The van der Waals surface area contributed by atoms with Crippen molar-refractivity contribution in [3.63, 3.8) is 0 Å². The third kappa shape index (κ3) is 3.10. The van der Waals surface area contributed by atoms with Crippen LogP contribution in [0.1, 0.15) is 53.4 Å². The van der Waals surface area contributed by atoms with Crippen LogP contribution in [-0.4, -0.2) is 36.9 Å². The number of hydrogen-bond acceptors (Lipinski definition) is 2. The van der Waals surface area contributed by atoms with Crippen molar-refractivity contribution in [3.8, 4) is 0 Å². The molecule has 0 aromatic carbocycles. The molecule has 0 unspecified atom stereocenters. The molecule has 1 heterocycles. The van der Waals surface area contributed by atoms with Gasteiger partial charge in [0.2, 0.25) is 0 Å². The van der Waals surface area contributed by atoms with Gasteiger partial charge in [-0.2, -0.15) is 0 Å². The van der Waals surface area contributed by atoms with Gasteiger partial charge in [-0.05, 0) is 59.3 Å². The first-order valence-electron chi connectivity index (χ1n) is 7.34. The summed E-state index contributed by atoms with van der Waals surface area (Å²) in [6, 6.07) is 0. The van der Waals surface area contributed by atoms with Crippen molar-refractivity contribution < 1.29 is 9.84 Å². The molecule has 1 saturated heterocycles. The molecular weight excluding hydrogens is 407 g/mol. The summed E-state index contributed by atoms with van der Waals surface area (Å²) >= 11 is 13.9. The van der Waals surface area contributed by atoms with Gasteiger partial charge in [-0.25, -0.2) is 0 Å². The Kier molecular flexibility index (Phi) is 4.96. The van der Waals surface area contributed by atoms with Gasteiger partial charge >= 0.3 is 0 Å². The summed E-state index contributed by atoms with van der Waals surface area (Å²) in [5, 5.41) is 10.6. The third-order valence-electron chi connectivity index (χ3n) is 5.27. The highest BCUT2D eigenvalue weighted by Crippen LogP contribution is 2.50. The van der Waals surface area contributed by atoms with Crippen LogP contribution in [0.5, 0.6) is 0 Å². The molecular formula is C15H25Br2ClO2. The van der Waals surface area contributed by atoms with Crippen LogP contribution in [0.4, 0.5) is 0 Å². The molecule has 2 fully saturated rings. The topological polar surface area (TPSA) is 29.5 Å². The minimum Gasteiger partial charge on any atom is -0.390 e. The Hall–Kier alpha value is 1.17. The molecule has 1 N–H and O–H groups in total. The molecule has 20 heavy (non-hydrogen) atoms. The van der Waals surface area contributed by atoms with Crippen LogP contribution < -0.4 is 0 Å². The van der Waals surface area contributed by atoms with Crippen molar-refractivity contribution in [1.29, 1.82) is 0 Å². The number of alkyl halides is 3. The zero-order valence-corrected chi connectivity index (χ0v) is 16.6. The first kappa shape index (κ1) is 17.5. The molecule has 118 valence electrons. The van der Waals surface area contributed by atoms with Gasteiger partial charge in [-0.15, -0.1) is 11.6 Å². The van der Waals surface area contributed by atoms with Gasteiger partial charge in [-0.3, -0.25) is 0 Å². The summed E-state index contributed by atoms with van der Waals surface area (Å²) in [6.07, 6.45) is 3.17. The van der Waals surface area contributed by atoms with Crippen molar-refractivity contribution in [1.82, 2.24) is 0 Å². The van der Waals surface area contributed by atoms with Crippen molar-refractivity contribution >= 4 is 43.5 Å². The van der Waals surface area contributed by atoms with E-state index in [1.165, 1.54) is 0 Å². The molecule has 2 rings (SSSR count). The normalized spacial score (nSPS) is 52.8. The third-order valence-corrected chi connectivity index (χ3v) is 8.84. The zero-order chi connectivity index (χ0) is 15.3. The Morgan fingerprint density at radius 1 is 1.10 bits per heavy atom. The number of hydrogen-bond donors (Lipinski definition) is 1. The van der Waals surface area contributed by atoms with Gasteiger partial charge in [0, 0.05) is 9.65 Å². The van der Waals surface area contributed by atoms with E-state index < -0.39 is 11.7 Å². The molecule has 2 nitrogen and oxygen atoms in total.